The summed E-state index contributed by atoms with van der Waals surface area (Å²) in [6.07, 6.45) is 3.31. The molecule has 0 N–H and O–H groups in total. The Bertz CT molecular complexity index is 520. The lowest BCUT2D eigenvalue weighted by Gasteiger charge is -2.17. The standard InChI is InChI=1S/C14H15N3O/c1-11-5-3-6-12(2)14(11)10-17(16-18)13-7-4-8-15-9-13/h3-9H,10H2,1-2H3. The summed E-state index contributed by atoms with van der Waals surface area (Å²) in [7, 11) is 0. The zero-order valence-electron chi connectivity index (χ0n) is 10.5. The SMILES string of the molecule is Cc1cccc(C)c1CN(N=O)c1cccnc1. The Morgan fingerprint density at radius 3 is 2.44 bits per heavy atom. The lowest BCUT2D eigenvalue weighted by molar-refractivity contribution is 0.832. The molecule has 1 aromatic carbocycles. The van der Waals surface area contributed by atoms with Crippen LogP contribution in [0.2, 0.25) is 0 Å². The van der Waals surface area contributed by atoms with Gasteiger partial charge in [0.15, 0.2) is 0 Å². The van der Waals surface area contributed by atoms with Gasteiger partial charge in [-0.1, -0.05) is 18.2 Å². The van der Waals surface area contributed by atoms with Gasteiger partial charge in [0.05, 0.1) is 23.7 Å². The predicted octanol–water partition coefficient (Wildman–Crippen LogP) is 3.39. The minimum atomic E-state index is 0.466. The number of nitrogens with zero attached hydrogens (tertiary/aromatic N) is 3. The van der Waals surface area contributed by atoms with Crippen molar-refractivity contribution in [2.75, 3.05) is 5.01 Å². The molecule has 0 aliphatic carbocycles. The van der Waals surface area contributed by atoms with Crippen LogP contribution in [-0.4, -0.2) is 4.98 Å². The second-order valence-corrected chi connectivity index (χ2v) is 4.22. The Labute approximate surface area is 106 Å². The molecule has 0 aliphatic heterocycles. The van der Waals surface area contributed by atoms with Gasteiger partial charge in [-0.05, 0) is 42.7 Å². The van der Waals surface area contributed by atoms with E-state index in [1.165, 1.54) is 5.01 Å². The van der Waals surface area contributed by atoms with Crippen LogP contribution in [0.3, 0.4) is 0 Å². The first-order chi connectivity index (χ1) is 8.72. The van der Waals surface area contributed by atoms with Crippen LogP contribution in [-0.2, 0) is 6.54 Å². The van der Waals surface area contributed by atoms with Gasteiger partial charge in [0.25, 0.3) is 0 Å². The lowest BCUT2D eigenvalue weighted by atomic mass is 10.0. The normalized spacial score (nSPS) is 10.1. The fourth-order valence-electron chi connectivity index (χ4n) is 1.92. The molecule has 0 unspecified atom stereocenters. The molecule has 1 aromatic heterocycles. The number of aromatic nitrogens is 1. The summed E-state index contributed by atoms with van der Waals surface area (Å²) in [6, 6.07) is 9.69. The molecule has 1 heterocycles. The first-order valence-corrected chi connectivity index (χ1v) is 5.78. The third kappa shape index (κ3) is 2.53. The molecule has 4 nitrogen and oxygen atoms in total. The molecule has 0 saturated carbocycles. The van der Waals surface area contributed by atoms with Crippen LogP contribution in [0, 0.1) is 18.8 Å². The van der Waals surface area contributed by atoms with Crippen molar-refractivity contribution in [2.45, 2.75) is 20.4 Å². The quantitative estimate of drug-likeness (QED) is 0.609. The van der Waals surface area contributed by atoms with Gasteiger partial charge in [-0.3, -0.25) is 4.98 Å². The molecule has 4 heteroatoms. The second-order valence-electron chi connectivity index (χ2n) is 4.22. The van der Waals surface area contributed by atoms with Crippen molar-refractivity contribution in [3.63, 3.8) is 0 Å². The van der Waals surface area contributed by atoms with Crippen molar-refractivity contribution >= 4 is 5.69 Å². The first-order valence-electron chi connectivity index (χ1n) is 5.78. The largest absolute Gasteiger partial charge is 0.262 e. The summed E-state index contributed by atoms with van der Waals surface area (Å²) in [5.41, 5.74) is 4.15. The Morgan fingerprint density at radius 2 is 1.89 bits per heavy atom. The molecule has 2 rings (SSSR count). The highest BCUT2D eigenvalue weighted by molar-refractivity contribution is 5.45. The Hall–Kier alpha value is -2.23. The molecule has 0 spiro atoms. The molecular weight excluding hydrogens is 226 g/mol. The first kappa shape index (κ1) is 12.2. The van der Waals surface area contributed by atoms with E-state index in [9.17, 15) is 4.91 Å². The van der Waals surface area contributed by atoms with E-state index < -0.39 is 0 Å². The van der Waals surface area contributed by atoms with Crippen molar-refractivity contribution in [2.24, 2.45) is 5.29 Å². The number of rotatable bonds is 4. The van der Waals surface area contributed by atoms with Crippen LogP contribution in [0.1, 0.15) is 16.7 Å². The van der Waals surface area contributed by atoms with Gasteiger partial charge in [-0.15, -0.1) is 4.91 Å². The van der Waals surface area contributed by atoms with Crippen molar-refractivity contribution < 1.29 is 0 Å². The number of pyridine rings is 1. The van der Waals surface area contributed by atoms with Gasteiger partial charge in [0.2, 0.25) is 0 Å². The summed E-state index contributed by atoms with van der Waals surface area (Å²) < 4.78 is 0. The molecule has 0 amide bonds. The fraction of sp³-hybridized carbons (Fsp3) is 0.214. The summed E-state index contributed by atoms with van der Waals surface area (Å²) >= 11 is 0. The van der Waals surface area contributed by atoms with E-state index >= 15 is 0 Å². The smallest absolute Gasteiger partial charge is 0.0813 e. The zero-order valence-corrected chi connectivity index (χ0v) is 10.5. The van der Waals surface area contributed by atoms with E-state index in [2.05, 4.69) is 10.3 Å². The molecule has 2 aromatic rings. The Morgan fingerprint density at radius 1 is 1.17 bits per heavy atom. The Kier molecular flexibility index (Phi) is 3.67. The Balaban J connectivity index is 2.29. The van der Waals surface area contributed by atoms with E-state index in [1.807, 2.05) is 38.1 Å². The summed E-state index contributed by atoms with van der Waals surface area (Å²) in [6.45, 7) is 4.54. The molecule has 0 atom stereocenters. The molecule has 18 heavy (non-hydrogen) atoms. The maximum Gasteiger partial charge on any atom is 0.0813 e. The van der Waals surface area contributed by atoms with Gasteiger partial charge < -0.3 is 0 Å². The van der Waals surface area contributed by atoms with Crippen LogP contribution in [0.15, 0.2) is 48.0 Å². The minimum absolute atomic E-state index is 0.466. The summed E-state index contributed by atoms with van der Waals surface area (Å²) in [4.78, 5) is 15.0. The number of anilines is 1. The van der Waals surface area contributed by atoms with E-state index in [1.54, 1.807) is 18.5 Å². The van der Waals surface area contributed by atoms with Crippen LogP contribution in [0.4, 0.5) is 5.69 Å². The maximum absolute atomic E-state index is 11.0. The number of aryl methyl sites for hydroxylation is 2. The van der Waals surface area contributed by atoms with Gasteiger partial charge >= 0.3 is 0 Å². The average molecular weight is 241 g/mol. The zero-order chi connectivity index (χ0) is 13.0. The highest BCUT2D eigenvalue weighted by atomic mass is 16.3. The van der Waals surface area contributed by atoms with Crippen LogP contribution < -0.4 is 5.01 Å². The molecular formula is C14H15N3O. The highest BCUT2D eigenvalue weighted by Crippen LogP contribution is 2.20. The van der Waals surface area contributed by atoms with E-state index in [0.29, 0.717) is 12.2 Å². The molecule has 0 fully saturated rings. The van der Waals surface area contributed by atoms with E-state index in [0.717, 1.165) is 16.7 Å². The lowest BCUT2D eigenvalue weighted by Crippen LogP contribution is -2.16. The monoisotopic (exact) mass is 241 g/mol. The number of hydrogen-bond acceptors (Lipinski definition) is 3. The van der Waals surface area contributed by atoms with Crippen LogP contribution in [0.5, 0.6) is 0 Å². The molecule has 0 saturated heterocycles. The summed E-state index contributed by atoms with van der Waals surface area (Å²) in [5, 5.41) is 4.50. The van der Waals surface area contributed by atoms with Gasteiger partial charge in [-0.2, -0.15) is 0 Å². The van der Waals surface area contributed by atoms with E-state index in [-0.39, 0.29) is 0 Å². The average Bonchev–Trinajstić information content (AvgIpc) is 2.40. The second kappa shape index (κ2) is 5.40. The van der Waals surface area contributed by atoms with Gasteiger partial charge in [0.1, 0.15) is 0 Å². The topological polar surface area (TPSA) is 45.6 Å². The third-order valence-electron chi connectivity index (χ3n) is 2.99. The fourth-order valence-corrected chi connectivity index (χ4v) is 1.92. The van der Waals surface area contributed by atoms with Gasteiger partial charge in [0, 0.05) is 6.20 Å². The number of nitroso groups, excluding NO2 is 1. The molecule has 92 valence electrons. The van der Waals surface area contributed by atoms with Crippen molar-refractivity contribution in [1.29, 1.82) is 0 Å². The van der Waals surface area contributed by atoms with E-state index in [4.69, 9.17) is 0 Å². The predicted molar refractivity (Wildman–Crippen MR) is 72.1 cm³/mol. The van der Waals surface area contributed by atoms with Gasteiger partial charge in [-0.25, -0.2) is 5.01 Å². The third-order valence-corrected chi connectivity index (χ3v) is 2.99. The van der Waals surface area contributed by atoms with Crippen molar-refractivity contribution in [1.82, 2.24) is 4.98 Å². The van der Waals surface area contributed by atoms with Crippen molar-refractivity contribution in [3.05, 3.63) is 64.3 Å². The minimum Gasteiger partial charge on any atom is -0.262 e. The molecule has 0 radical (unpaired) electrons. The number of hydrogen-bond donors (Lipinski definition) is 0. The molecule has 0 bridgehead atoms. The van der Waals surface area contributed by atoms with Crippen LogP contribution >= 0.6 is 0 Å². The number of benzene rings is 1. The highest BCUT2D eigenvalue weighted by Gasteiger charge is 2.10. The summed E-state index contributed by atoms with van der Waals surface area (Å²) in [5.74, 6) is 0. The maximum atomic E-state index is 11.0. The van der Waals surface area contributed by atoms with Crippen molar-refractivity contribution in [3.8, 4) is 0 Å². The molecule has 0 aliphatic rings. The van der Waals surface area contributed by atoms with Crippen LogP contribution in [0.25, 0.3) is 0 Å².